The molecule has 0 aliphatic carbocycles. The number of aryl methyl sites for hydroxylation is 1. The molecule has 4 rings (SSSR count). The topological polar surface area (TPSA) is 59.5 Å². The van der Waals surface area contributed by atoms with Crippen LogP contribution in [0.3, 0.4) is 0 Å². The van der Waals surface area contributed by atoms with E-state index in [4.69, 9.17) is 0 Å². The van der Waals surface area contributed by atoms with Gasteiger partial charge >= 0.3 is 0 Å². The summed E-state index contributed by atoms with van der Waals surface area (Å²) < 4.78 is 3.13. The fourth-order valence-electron chi connectivity index (χ4n) is 3.43. The van der Waals surface area contributed by atoms with Gasteiger partial charge in [0.25, 0.3) is 5.56 Å². The predicted molar refractivity (Wildman–Crippen MR) is 115 cm³/mol. The number of nitrogens with zero attached hydrogens (tertiary/aromatic N) is 3. The Hall–Kier alpha value is -3.18. The van der Waals surface area contributed by atoms with Crippen LogP contribution in [0.15, 0.2) is 71.8 Å². The molecule has 148 valence electrons. The van der Waals surface area contributed by atoms with Crippen LogP contribution in [0.25, 0.3) is 16.8 Å². The summed E-state index contributed by atoms with van der Waals surface area (Å²) in [5, 5.41) is 15.1. The average molecular weight is 387 g/mol. The molecule has 2 heterocycles. The maximum absolute atomic E-state index is 12.9. The van der Waals surface area contributed by atoms with E-state index in [1.54, 1.807) is 23.0 Å². The molecule has 2 aromatic carbocycles. The number of aliphatic hydroxyl groups excluding tert-OH is 1. The van der Waals surface area contributed by atoms with Gasteiger partial charge in [0.1, 0.15) is 5.52 Å². The first-order valence-electron chi connectivity index (χ1n) is 9.86. The maximum Gasteiger partial charge on any atom is 0.276 e. The monoisotopic (exact) mass is 387 g/mol. The lowest BCUT2D eigenvalue weighted by atomic mass is 10.00. The van der Waals surface area contributed by atoms with E-state index in [1.807, 2.05) is 55.5 Å². The molecule has 0 fully saturated rings. The lowest BCUT2D eigenvalue weighted by molar-refractivity contribution is 0.155. The van der Waals surface area contributed by atoms with Gasteiger partial charge in [-0.25, -0.2) is 4.52 Å². The fraction of sp³-hybridized carbons (Fsp3) is 0.250. The van der Waals surface area contributed by atoms with Gasteiger partial charge in [0.2, 0.25) is 0 Å². The van der Waals surface area contributed by atoms with Crippen molar-refractivity contribution in [2.45, 2.75) is 39.3 Å². The molecule has 2 aromatic heterocycles. The van der Waals surface area contributed by atoms with Gasteiger partial charge in [0.15, 0.2) is 0 Å². The summed E-state index contributed by atoms with van der Waals surface area (Å²) >= 11 is 0. The van der Waals surface area contributed by atoms with Gasteiger partial charge in [-0.05, 0) is 30.0 Å². The fourth-order valence-corrected chi connectivity index (χ4v) is 3.43. The van der Waals surface area contributed by atoms with Crippen molar-refractivity contribution >= 4 is 5.52 Å². The van der Waals surface area contributed by atoms with Crippen molar-refractivity contribution in [2.24, 2.45) is 0 Å². The Balaban J connectivity index is 1.61. The summed E-state index contributed by atoms with van der Waals surface area (Å²) in [5.41, 5.74) is 5.24. The summed E-state index contributed by atoms with van der Waals surface area (Å²) in [6.45, 7) is 6.50. The number of aromatic nitrogens is 3. The van der Waals surface area contributed by atoms with Crippen LogP contribution in [-0.4, -0.2) is 19.3 Å². The molecule has 0 aliphatic heterocycles. The second kappa shape index (κ2) is 7.68. The molecule has 5 heteroatoms. The molecule has 0 bridgehead atoms. The molecule has 5 nitrogen and oxygen atoms in total. The Labute approximate surface area is 169 Å². The number of hydrogen-bond donors (Lipinski definition) is 1. The number of aliphatic hydroxyl groups is 1. The van der Waals surface area contributed by atoms with Crippen molar-refractivity contribution < 1.29 is 5.11 Å². The van der Waals surface area contributed by atoms with E-state index < -0.39 is 6.10 Å². The molecule has 1 unspecified atom stereocenters. The van der Waals surface area contributed by atoms with Crippen molar-refractivity contribution in [1.29, 1.82) is 0 Å². The van der Waals surface area contributed by atoms with E-state index >= 15 is 0 Å². The molecule has 1 atom stereocenters. The zero-order chi connectivity index (χ0) is 20.5. The largest absolute Gasteiger partial charge is 0.387 e. The predicted octanol–water partition coefficient (Wildman–Crippen LogP) is 4.33. The molecule has 0 saturated carbocycles. The number of fused-ring (bicyclic) bond motifs is 1. The van der Waals surface area contributed by atoms with Crippen LogP contribution in [0.1, 0.15) is 42.6 Å². The van der Waals surface area contributed by atoms with E-state index in [2.05, 4.69) is 18.9 Å². The summed E-state index contributed by atoms with van der Waals surface area (Å²) in [4.78, 5) is 12.9. The first-order chi connectivity index (χ1) is 13.9. The maximum atomic E-state index is 12.9. The van der Waals surface area contributed by atoms with Crippen molar-refractivity contribution in [3.63, 3.8) is 0 Å². The normalized spacial score (nSPS) is 12.6. The van der Waals surface area contributed by atoms with E-state index in [0.717, 1.165) is 16.8 Å². The minimum Gasteiger partial charge on any atom is -0.387 e. The number of benzene rings is 2. The standard InChI is InChI=1S/C24H25N3O2/c1-16(2)18-8-10-20(11-9-18)23(28)15-26-12-13-27-22(24(26)29)14-21(25-27)19-6-4-17(3)5-7-19/h4-14,16,23,28H,15H2,1-3H3. The first-order valence-corrected chi connectivity index (χ1v) is 9.86. The minimum atomic E-state index is -0.754. The molecule has 0 aliphatic rings. The minimum absolute atomic E-state index is 0.170. The van der Waals surface area contributed by atoms with Gasteiger partial charge in [0, 0.05) is 18.0 Å². The molecule has 1 N–H and O–H groups in total. The smallest absolute Gasteiger partial charge is 0.276 e. The van der Waals surface area contributed by atoms with Gasteiger partial charge in [-0.2, -0.15) is 5.10 Å². The van der Waals surface area contributed by atoms with Gasteiger partial charge in [-0.1, -0.05) is 67.9 Å². The summed E-state index contributed by atoms with van der Waals surface area (Å²) in [5.74, 6) is 0.441. The Kier molecular flexibility index (Phi) is 5.07. The summed E-state index contributed by atoms with van der Waals surface area (Å²) in [6.07, 6.45) is 2.67. The Morgan fingerprint density at radius 1 is 0.966 bits per heavy atom. The molecule has 29 heavy (non-hydrogen) atoms. The molecule has 0 radical (unpaired) electrons. The number of rotatable bonds is 5. The highest BCUT2D eigenvalue weighted by Crippen LogP contribution is 2.21. The highest BCUT2D eigenvalue weighted by Gasteiger charge is 2.13. The quantitative estimate of drug-likeness (QED) is 0.554. The van der Waals surface area contributed by atoms with Crippen LogP contribution in [0.2, 0.25) is 0 Å². The van der Waals surface area contributed by atoms with Crippen molar-refractivity contribution in [1.82, 2.24) is 14.2 Å². The van der Waals surface area contributed by atoms with Crippen LogP contribution >= 0.6 is 0 Å². The SMILES string of the molecule is Cc1ccc(-c2cc3c(=O)n(CC(O)c4ccc(C(C)C)cc4)ccn3n2)cc1. The Morgan fingerprint density at radius 2 is 1.62 bits per heavy atom. The van der Waals surface area contributed by atoms with Crippen LogP contribution in [-0.2, 0) is 6.54 Å². The van der Waals surface area contributed by atoms with Crippen LogP contribution in [0, 0.1) is 6.92 Å². The zero-order valence-corrected chi connectivity index (χ0v) is 16.9. The second-order valence-electron chi connectivity index (χ2n) is 7.82. The van der Waals surface area contributed by atoms with E-state index in [1.165, 1.54) is 15.7 Å². The highest BCUT2D eigenvalue weighted by molar-refractivity contribution is 5.65. The summed E-state index contributed by atoms with van der Waals surface area (Å²) in [7, 11) is 0. The zero-order valence-electron chi connectivity index (χ0n) is 16.9. The van der Waals surface area contributed by atoms with Gasteiger partial charge in [-0.3, -0.25) is 4.79 Å². The van der Waals surface area contributed by atoms with Crippen LogP contribution < -0.4 is 5.56 Å². The van der Waals surface area contributed by atoms with Gasteiger partial charge in [0.05, 0.1) is 18.3 Å². The van der Waals surface area contributed by atoms with Crippen molar-refractivity contribution in [3.8, 4) is 11.3 Å². The van der Waals surface area contributed by atoms with Crippen LogP contribution in [0.4, 0.5) is 0 Å². The third kappa shape index (κ3) is 3.87. The third-order valence-electron chi connectivity index (χ3n) is 5.31. The molecule has 4 aromatic rings. The highest BCUT2D eigenvalue weighted by atomic mass is 16.3. The van der Waals surface area contributed by atoms with Crippen molar-refractivity contribution in [3.05, 3.63) is 94.0 Å². The lowest BCUT2D eigenvalue weighted by Gasteiger charge is -2.14. The molecule has 0 amide bonds. The Bertz CT molecular complexity index is 1190. The van der Waals surface area contributed by atoms with Gasteiger partial charge < -0.3 is 9.67 Å². The second-order valence-corrected chi connectivity index (χ2v) is 7.82. The molecule has 0 saturated heterocycles. The first kappa shape index (κ1) is 19.2. The molecular formula is C24H25N3O2. The van der Waals surface area contributed by atoms with Crippen LogP contribution in [0.5, 0.6) is 0 Å². The average Bonchev–Trinajstić information content (AvgIpc) is 3.16. The lowest BCUT2D eigenvalue weighted by Crippen LogP contribution is -2.24. The molecule has 0 spiro atoms. The Morgan fingerprint density at radius 3 is 2.28 bits per heavy atom. The van der Waals surface area contributed by atoms with E-state index in [9.17, 15) is 9.90 Å². The summed E-state index contributed by atoms with van der Waals surface area (Å²) in [6, 6.07) is 17.8. The van der Waals surface area contributed by atoms with E-state index in [-0.39, 0.29) is 12.1 Å². The van der Waals surface area contributed by atoms with E-state index in [0.29, 0.717) is 11.4 Å². The van der Waals surface area contributed by atoms with Gasteiger partial charge in [-0.15, -0.1) is 0 Å². The third-order valence-corrected chi connectivity index (χ3v) is 5.31. The molecular weight excluding hydrogens is 362 g/mol. The number of hydrogen-bond acceptors (Lipinski definition) is 3. The van der Waals surface area contributed by atoms with Crippen molar-refractivity contribution in [2.75, 3.05) is 0 Å².